The van der Waals surface area contributed by atoms with Crippen LogP contribution in [0.5, 0.6) is 0 Å². The molecule has 1 heterocycles. The van der Waals surface area contributed by atoms with E-state index in [9.17, 15) is 0 Å². The Morgan fingerprint density at radius 3 is 2.29 bits per heavy atom. The third-order valence-electron chi connectivity index (χ3n) is 4.59. The van der Waals surface area contributed by atoms with Gasteiger partial charge in [-0.25, -0.2) is 0 Å². The van der Waals surface area contributed by atoms with Crippen LogP contribution in [-0.2, 0) is 0 Å². The number of piperidine rings is 1. The fourth-order valence-electron chi connectivity index (χ4n) is 3.60. The summed E-state index contributed by atoms with van der Waals surface area (Å²) < 4.78 is 0. The van der Waals surface area contributed by atoms with Crippen LogP contribution in [0.1, 0.15) is 58.3 Å². The first-order valence-corrected chi connectivity index (χ1v) is 7.86. The quantitative estimate of drug-likeness (QED) is 0.792. The van der Waals surface area contributed by atoms with Gasteiger partial charge in [-0.05, 0) is 51.2 Å². The largest absolute Gasteiger partial charge is 0.313 e. The lowest BCUT2D eigenvalue weighted by atomic mass is 9.83. The summed E-state index contributed by atoms with van der Waals surface area (Å²) in [7, 11) is 0. The predicted octanol–water partition coefficient (Wildman–Crippen LogP) is 3.03. The number of nitrogens with zero attached hydrogens (tertiary/aromatic N) is 1. The first-order chi connectivity index (χ1) is 8.40. The van der Waals surface area contributed by atoms with Crippen molar-refractivity contribution in [2.75, 3.05) is 26.2 Å². The molecule has 0 aromatic rings. The highest BCUT2D eigenvalue weighted by molar-refractivity contribution is 4.82. The smallest absolute Gasteiger partial charge is 0.0223 e. The number of nitrogens with one attached hydrogen (secondary N) is 1. The molecule has 0 spiro atoms. The average molecular weight is 238 g/mol. The van der Waals surface area contributed by atoms with Crippen LogP contribution in [0.4, 0.5) is 0 Å². The minimum absolute atomic E-state index is 0.762. The zero-order valence-corrected chi connectivity index (χ0v) is 11.6. The van der Waals surface area contributed by atoms with Gasteiger partial charge in [0, 0.05) is 12.6 Å². The molecule has 0 aromatic heterocycles. The van der Waals surface area contributed by atoms with Gasteiger partial charge < -0.3 is 10.2 Å². The molecule has 17 heavy (non-hydrogen) atoms. The average Bonchev–Trinajstić information content (AvgIpc) is 2.40. The summed E-state index contributed by atoms with van der Waals surface area (Å²) in [6, 6.07) is 0.762. The minimum atomic E-state index is 0.762. The highest BCUT2D eigenvalue weighted by Gasteiger charge is 2.25. The number of likely N-dealkylation sites (tertiary alicyclic amines) is 1. The van der Waals surface area contributed by atoms with E-state index in [-0.39, 0.29) is 0 Å². The molecule has 0 amide bonds. The van der Waals surface area contributed by atoms with Crippen LogP contribution in [-0.4, -0.2) is 37.1 Å². The molecular weight excluding hydrogens is 208 g/mol. The van der Waals surface area contributed by atoms with Crippen molar-refractivity contribution < 1.29 is 0 Å². The second-order valence-corrected chi connectivity index (χ2v) is 5.92. The zero-order chi connectivity index (χ0) is 11.9. The number of hydrogen-bond donors (Lipinski definition) is 1. The van der Waals surface area contributed by atoms with Crippen LogP contribution in [0.25, 0.3) is 0 Å². The van der Waals surface area contributed by atoms with Crippen molar-refractivity contribution in [1.29, 1.82) is 0 Å². The minimum Gasteiger partial charge on any atom is -0.313 e. The van der Waals surface area contributed by atoms with Gasteiger partial charge in [0.25, 0.3) is 0 Å². The summed E-state index contributed by atoms with van der Waals surface area (Å²) in [6.07, 6.45) is 11.6. The number of rotatable bonds is 5. The van der Waals surface area contributed by atoms with Crippen LogP contribution in [0.2, 0.25) is 0 Å². The summed E-state index contributed by atoms with van der Waals surface area (Å²) >= 11 is 0. The second-order valence-electron chi connectivity index (χ2n) is 5.92. The van der Waals surface area contributed by atoms with Crippen molar-refractivity contribution in [2.45, 2.75) is 64.3 Å². The van der Waals surface area contributed by atoms with Gasteiger partial charge >= 0.3 is 0 Å². The van der Waals surface area contributed by atoms with Crippen LogP contribution < -0.4 is 5.32 Å². The van der Waals surface area contributed by atoms with Crippen LogP contribution >= 0.6 is 0 Å². The van der Waals surface area contributed by atoms with E-state index in [1.54, 1.807) is 0 Å². The Morgan fingerprint density at radius 1 is 1.00 bits per heavy atom. The Balaban J connectivity index is 1.81. The van der Waals surface area contributed by atoms with Gasteiger partial charge in [0.15, 0.2) is 0 Å². The highest BCUT2D eigenvalue weighted by Crippen LogP contribution is 2.27. The molecule has 2 aliphatic rings. The summed E-state index contributed by atoms with van der Waals surface area (Å²) in [5.74, 6) is 0.950. The molecule has 2 rings (SSSR count). The second kappa shape index (κ2) is 7.38. The van der Waals surface area contributed by atoms with Crippen LogP contribution in [0, 0.1) is 5.92 Å². The van der Waals surface area contributed by atoms with Crippen molar-refractivity contribution in [3.8, 4) is 0 Å². The van der Waals surface area contributed by atoms with Crippen molar-refractivity contribution in [3.63, 3.8) is 0 Å². The van der Waals surface area contributed by atoms with E-state index < -0.39 is 0 Å². The molecule has 0 bridgehead atoms. The SMILES string of the molecule is CCNC(CN1CCCCC1)C1CCCCC1. The summed E-state index contributed by atoms with van der Waals surface area (Å²) in [6.45, 7) is 7.38. The molecule has 1 atom stereocenters. The van der Waals surface area contributed by atoms with Gasteiger partial charge in [0.1, 0.15) is 0 Å². The van der Waals surface area contributed by atoms with E-state index in [1.807, 2.05) is 0 Å². The molecule has 1 saturated carbocycles. The Bertz CT molecular complexity index is 193. The Labute approximate surface area is 107 Å². The fraction of sp³-hybridized carbons (Fsp3) is 1.00. The van der Waals surface area contributed by atoms with Gasteiger partial charge in [0.05, 0.1) is 0 Å². The van der Waals surface area contributed by atoms with Crippen molar-refractivity contribution in [1.82, 2.24) is 10.2 Å². The van der Waals surface area contributed by atoms with Crippen molar-refractivity contribution >= 4 is 0 Å². The third-order valence-corrected chi connectivity index (χ3v) is 4.59. The molecule has 0 radical (unpaired) electrons. The van der Waals surface area contributed by atoms with E-state index in [4.69, 9.17) is 0 Å². The lowest BCUT2D eigenvalue weighted by Crippen LogP contribution is -2.47. The lowest BCUT2D eigenvalue weighted by Gasteiger charge is -2.36. The lowest BCUT2D eigenvalue weighted by molar-refractivity contribution is 0.164. The van der Waals surface area contributed by atoms with Gasteiger partial charge in [-0.1, -0.05) is 32.6 Å². The molecule has 1 aliphatic carbocycles. The Kier molecular flexibility index (Phi) is 5.79. The van der Waals surface area contributed by atoms with E-state index in [1.165, 1.54) is 71.0 Å². The van der Waals surface area contributed by atoms with Gasteiger partial charge in [-0.3, -0.25) is 0 Å². The maximum Gasteiger partial charge on any atom is 0.0223 e. The monoisotopic (exact) mass is 238 g/mol. The molecule has 0 aromatic carbocycles. The summed E-state index contributed by atoms with van der Waals surface area (Å²) in [5.41, 5.74) is 0. The highest BCUT2D eigenvalue weighted by atomic mass is 15.2. The van der Waals surface area contributed by atoms with E-state index >= 15 is 0 Å². The molecule has 2 heteroatoms. The van der Waals surface area contributed by atoms with Gasteiger partial charge in [-0.2, -0.15) is 0 Å². The number of hydrogen-bond acceptors (Lipinski definition) is 2. The molecule has 1 aliphatic heterocycles. The van der Waals surface area contributed by atoms with Gasteiger partial charge in [-0.15, -0.1) is 0 Å². The molecule has 1 saturated heterocycles. The van der Waals surface area contributed by atoms with E-state index in [2.05, 4.69) is 17.1 Å². The first kappa shape index (κ1) is 13.4. The van der Waals surface area contributed by atoms with Crippen LogP contribution in [0.15, 0.2) is 0 Å². The fourth-order valence-corrected chi connectivity index (χ4v) is 3.60. The van der Waals surface area contributed by atoms with E-state index in [0.717, 1.165) is 18.5 Å². The predicted molar refractivity (Wildman–Crippen MR) is 74.3 cm³/mol. The summed E-state index contributed by atoms with van der Waals surface area (Å²) in [5, 5.41) is 3.76. The standard InChI is InChI=1S/C15H30N2/c1-2-16-15(14-9-5-3-6-10-14)13-17-11-7-4-8-12-17/h14-16H,2-13H2,1H3. The zero-order valence-electron chi connectivity index (χ0n) is 11.6. The van der Waals surface area contributed by atoms with Crippen molar-refractivity contribution in [2.24, 2.45) is 5.92 Å². The normalized spacial score (nSPS) is 25.9. The Morgan fingerprint density at radius 2 is 1.65 bits per heavy atom. The molecular formula is C15H30N2. The topological polar surface area (TPSA) is 15.3 Å². The molecule has 2 fully saturated rings. The Hall–Kier alpha value is -0.0800. The number of likely N-dealkylation sites (N-methyl/N-ethyl adjacent to an activating group) is 1. The third kappa shape index (κ3) is 4.26. The molecule has 1 N–H and O–H groups in total. The first-order valence-electron chi connectivity index (χ1n) is 7.86. The molecule has 2 nitrogen and oxygen atoms in total. The maximum absolute atomic E-state index is 3.76. The van der Waals surface area contributed by atoms with Gasteiger partial charge in [0.2, 0.25) is 0 Å². The van der Waals surface area contributed by atoms with E-state index in [0.29, 0.717) is 0 Å². The maximum atomic E-state index is 3.76. The molecule has 1 unspecified atom stereocenters. The van der Waals surface area contributed by atoms with Crippen molar-refractivity contribution in [3.05, 3.63) is 0 Å². The van der Waals surface area contributed by atoms with Crippen LogP contribution in [0.3, 0.4) is 0 Å². The molecule has 100 valence electrons. The summed E-state index contributed by atoms with van der Waals surface area (Å²) in [4.78, 5) is 2.70.